The van der Waals surface area contributed by atoms with Gasteiger partial charge in [-0.1, -0.05) is 13.8 Å². The molecule has 1 aromatic rings. The Labute approximate surface area is 152 Å². The van der Waals surface area contributed by atoms with E-state index in [1.807, 2.05) is 32.9 Å². The second-order valence-corrected chi connectivity index (χ2v) is 10.0. The molecule has 1 heterocycles. The summed E-state index contributed by atoms with van der Waals surface area (Å²) in [4.78, 5) is 4.52. The molecule has 2 atom stereocenters. The first-order valence-corrected chi connectivity index (χ1v) is 9.95. The summed E-state index contributed by atoms with van der Waals surface area (Å²) >= 11 is 2.46. The lowest BCUT2D eigenvalue weighted by Gasteiger charge is -2.28. The highest BCUT2D eigenvalue weighted by molar-refractivity contribution is 9.10. The smallest absolute Gasteiger partial charge is 0.213 e. The first-order chi connectivity index (χ1) is 10.6. The van der Waals surface area contributed by atoms with Crippen LogP contribution < -0.4 is 9.46 Å². The van der Waals surface area contributed by atoms with Gasteiger partial charge in [0.15, 0.2) is 0 Å². The van der Waals surface area contributed by atoms with Gasteiger partial charge in [0.1, 0.15) is 4.75 Å². The molecule has 1 N–H and O–H groups in total. The van der Waals surface area contributed by atoms with Gasteiger partial charge >= 0.3 is 0 Å². The van der Waals surface area contributed by atoms with Crippen LogP contribution in [0.2, 0.25) is 0 Å². The minimum Gasteiger partial charge on any atom is -0.598 e. The lowest BCUT2D eigenvalue weighted by atomic mass is 10.0. The number of pyridine rings is 1. The Kier molecular flexibility index (Phi) is 8.35. The lowest BCUT2D eigenvalue weighted by Crippen LogP contribution is -2.45. The molecule has 0 aliphatic carbocycles. The number of methoxy groups -OCH3 is 1. The number of aromatic nitrogens is 1. The second kappa shape index (κ2) is 9.25. The molecular formula is C17H29BrN2O2S. The van der Waals surface area contributed by atoms with E-state index in [1.54, 1.807) is 7.11 Å². The van der Waals surface area contributed by atoms with Crippen molar-refractivity contribution in [2.45, 2.75) is 64.7 Å². The van der Waals surface area contributed by atoms with Crippen LogP contribution in [0.15, 0.2) is 16.6 Å². The molecule has 0 spiro atoms. The third-order valence-electron chi connectivity index (χ3n) is 3.46. The molecular weight excluding hydrogens is 376 g/mol. The highest BCUT2D eigenvalue weighted by Gasteiger charge is 2.29. The summed E-state index contributed by atoms with van der Waals surface area (Å²) in [6.45, 7) is 10.4. The Morgan fingerprint density at radius 1 is 1.30 bits per heavy atom. The molecule has 4 nitrogen and oxygen atoms in total. The van der Waals surface area contributed by atoms with E-state index in [4.69, 9.17) is 4.74 Å². The molecule has 0 aromatic carbocycles. The fraction of sp³-hybridized carbons (Fsp3) is 0.706. The van der Waals surface area contributed by atoms with Crippen molar-refractivity contribution in [3.63, 3.8) is 0 Å². The van der Waals surface area contributed by atoms with Crippen molar-refractivity contribution >= 4 is 27.3 Å². The van der Waals surface area contributed by atoms with Crippen molar-refractivity contribution in [2.75, 3.05) is 7.11 Å². The normalized spacial score (nSPS) is 14.8. The van der Waals surface area contributed by atoms with Crippen LogP contribution in [0.25, 0.3) is 0 Å². The van der Waals surface area contributed by atoms with Gasteiger partial charge in [-0.3, -0.25) is 0 Å². The van der Waals surface area contributed by atoms with Crippen molar-refractivity contribution in [3.8, 4) is 5.88 Å². The van der Waals surface area contributed by atoms with Gasteiger partial charge in [-0.15, -0.1) is 4.72 Å². The average Bonchev–Trinajstić information content (AvgIpc) is 2.45. The maximum absolute atomic E-state index is 12.5. The van der Waals surface area contributed by atoms with Crippen molar-refractivity contribution < 1.29 is 9.29 Å². The summed E-state index contributed by atoms with van der Waals surface area (Å²) in [5.74, 6) is 1.21. The third-order valence-corrected chi connectivity index (χ3v) is 5.85. The van der Waals surface area contributed by atoms with Crippen LogP contribution in [-0.2, 0) is 17.8 Å². The Morgan fingerprint density at radius 2 is 1.96 bits per heavy atom. The molecule has 1 aromatic heterocycles. The van der Waals surface area contributed by atoms with E-state index in [0.29, 0.717) is 18.2 Å². The zero-order valence-corrected chi connectivity index (χ0v) is 17.4. The first-order valence-electron chi connectivity index (χ1n) is 8.01. The molecule has 0 saturated heterocycles. The molecule has 0 radical (unpaired) electrons. The number of nitrogens with zero attached hydrogens (tertiary/aromatic N) is 1. The van der Waals surface area contributed by atoms with Crippen LogP contribution in [0, 0.1) is 5.92 Å². The van der Waals surface area contributed by atoms with E-state index in [2.05, 4.69) is 39.5 Å². The minimum absolute atomic E-state index is 0.119. The van der Waals surface area contributed by atoms with E-state index in [0.717, 1.165) is 23.0 Å². The Bertz CT molecular complexity index is 492. The quantitative estimate of drug-likeness (QED) is 0.657. The fourth-order valence-corrected chi connectivity index (χ4v) is 3.26. The standard InChI is InChI=1S/C17H29BrN2O2S/c1-12(2)7-8-13(20-23(21)17(3,4)5)11-15-14(18)9-10-16(19-15)22-6/h9-10,12-13,20H,7-8,11H2,1-6H3. The van der Waals surface area contributed by atoms with Crippen LogP contribution in [0.5, 0.6) is 5.88 Å². The molecule has 0 aliphatic rings. The highest BCUT2D eigenvalue weighted by Crippen LogP contribution is 2.23. The number of halogens is 1. The molecule has 6 heteroatoms. The number of ether oxygens (including phenoxy) is 1. The predicted molar refractivity (Wildman–Crippen MR) is 101 cm³/mol. The van der Waals surface area contributed by atoms with Gasteiger partial charge in [-0.25, -0.2) is 4.98 Å². The van der Waals surface area contributed by atoms with E-state index >= 15 is 0 Å². The number of hydrogen-bond donors (Lipinski definition) is 1. The molecule has 0 fully saturated rings. The van der Waals surface area contributed by atoms with Gasteiger partial charge in [0, 0.05) is 28.3 Å². The van der Waals surface area contributed by atoms with Crippen molar-refractivity contribution in [1.82, 2.24) is 9.71 Å². The summed E-state index contributed by atoms with van der Waals surface area (Å²) in [5.41, 5.74) is 0.927. The maximum atomic E-state index is 12.5. The molecule has 0 aliphatic heterocycles. The van der Waals surface area contributed by atoms with E-state index in [9.17, 15) is 4.55 Å². The molecule has 0 bridgehead atoms. The lowest BCUT2D eigenvalue weighted by molar-refractivity contribution is 0.394. The summed E-state index contributed by atoms with van der Waals surface area (Å²) in [5, 5.41) is 0. The van der Waals surface area contributed by atoms with Crippen molar-refractivity contribution in [2.24, 2.45) is 5.92 Å². The van der Waals surface area contributed by atoms with Gasteiger partial charge in [0.2, 0.25) is 5.88 Å². The van der Waals surface area contributed by atoms with Crippen LogP contribution >= 0.6 is 15.9 Å². The largest absolute Gasteiger partial charge is 0.598 e. The van der Waals surface area contributed by atoms with Gasteiger partial charge in [0.25, 0.3) is 0 Å². The van der Waals surface area contributed by atoms with Gasteiger partial charge < -0.3 is 9.29 Å². The predicted octanol–water partition coefficient (Wildman–Crippen LogP) is 4.25. The van der Waals surface area contributed by atoms with E-state index in [-0.39, 0.29) is 10.8 Å². The molecule has 0 amide bonds. The maximum Gasteiger partial charge on any atom is 0.213 e. The summed E-state index contributed by atoms with van der Waals surface area (Å²) in [6, 6.07) is 3.90. The fourth-order valence-electron chi connectivity index (χ4n) is 2.02. The number of hydrogen-bond acceptors (Lipinski definition) is 4. The zero-order valence-electron chi connectivity index (χ0n) is 15.0. The molecule has 23 heavy (non-hydrogen) atoms. The van der Waals surface area contributed by atoms with Crippen LogP contribution in [0.4, 0.5) is 0 Å². The minimum atomic E-state index is -1.09. The molecule has 132 valence electrons. The monoisotopic (exact) mass is 404 g/mol. The molecule has 2 unspecified atom stereocenters. The van der Waals surface area contributed by atoms with Gasteiger partial charge in [-0.2, -0.15) is 0 Å². The topological polar surface area (TPSA) is 57.2 Å². The second-order valence-electron chi connectivity index (χ2n) is 7.15. The van der Waals surface area contributed by atoms with Crippen LogP contribution in [-0.4, -0.2) is 27.4 Å². The molecule has 1 rings (SSSR count). The van der Waals surface area contributed by atoms with Crippen LogP contribution in [0.1, 0.15) is 53.2 Å². The van der Waals surface area contributed by atoms with Gasteiger partial charge in [0.05, 0.1) is 18.8 Å². The SMILES string of the molecule is COc1ccc(Br)c(CC(CCC(C)C)N[S+]([O-])C(C)(C)C)n1. The van der Waals surface area contributed by atoms with E-state index < -0.39 is 11.4 Å². The first kappa shape index (κ1) is 20.7. The Balaban J connectivity index is 2.87. The Hall–Kier alpha value is -0.300. The Morgan fingerprint density at radius 3 is 2.48 bits per heavy atom. The highest BCUT2D eigenvalue weighted by atomic mass is 79.9. The van der Waals surface area contributed by atoms with Crippen LogP contribution in [0.3, 0.4) is 0 Å². The third kappa shape index (κ3) is 7.42. The molecule has 0 saturated carbocycles. The summed E-state index contributed by atoms with van der Waals surface area (Å²) in [6.07, 6.45) is 2.76. The number of nitrogens with one attached hydrogen (secondary N) is 1. The summed E-state index contributed by atoms with van der Waals surface area (Å²) in [7, 11) is 1.61. The number of rotatable bonds is 8. The zero-order chi connectivity index (χ0) is 17.6. The van der Waals surface area contributed by atoms with Crippen molar-refractivity contribution in [1.29, 1.82) is 0 Å². The average molecular weight is 405 g/mol. The summed E-state index contributed by atoms with van der Waals surface area (Å²) < 4.78 is 21.6. The van der Waals surface area contributed by atoms with E-state index in [1.165, 1.54) is 0 Å². The van der Waals surface area contributed by atoms with Gasteiger partial charge in [-0.05, 0) is 61.5 Å². The van der Waals surface area contributed by atoms with Crippen molar-refractivity contribution in [3.05, 3.63) is 22.3 Å².